The lowest BCUT2D eigenvalue weighted by molar-refractivity contribution is 0.635. The first-order chi connectivity index (χ1) is 12.3. The van der Waals surface area contributed by atoms with Crippen LogP contribution in [0.4, 0.5) is 0 Å². The normalized spacial score (nSPS) is 12.6. The Kier molecular flexibility index (Phi) is 10.0. The summed E-state index contributed by atoms with van der Waals surface area (Å²) in [5, 5.41) is 7.65. The number of halogens is 1. The van der Waals surface area contributed by atoms with Crippen molar-refractivity contribution in [3.8, 4) is 0 Å². The van der Waals surface area contributed by atoms with Crippen LogP contribution >= 0.6 is 11.6 Å². The number of nitrogens with one attached hydrogen (secondary N) is 2. The molecular weight excluding hydrogens is 342 g/mol. The molecule has 0 saturated heterocycles. The molecule has 0 amide bonds. The number of aryl methyl sites for hydroxylation is 1. The molecule has 1 aromatic rings. The Labute approximate surface area is 163 Å². The van der Waals surface area contributed by atoms with Gasteiger partial charge in [0.15, 0.2) is 0 Å². The van der Waals surface area contributed by atoms with E-state index in [9.17, 15) is 0 Å². The zero-order chi connectivity index (χ0) is 19.5. The summed E-state index contributed by atoms with van der Waals surface area (Å²) in [6, 6.07) is 5.89. The monoisotopic (exact) mass is 373 g/mol. The summed E-state index contributed by atoms with van der Waals surface area (Å²) in [6.07, 6.45) is 4.38. The summed E-state index contributed by atoms with van der Waals surface area (Å²) in [7, 11) is 0. The number of benzene rings is 1. The lowest BCUT2D eigenvalue weighted by Gasteiger charge is -2.12. The fourth-order valence-electron chi connectivity index (χ4n) is 2.61. The fourth-order valence-corrected chi connectivity index (χ4v) is 2.84. The van der Waals surface area contributed by atoms with Crippen molar-refractivity contribution >= 4 is 24.0 Å². The van der Waals surface area contributed by atoms with Crippen LogP contribution in [0.25, 0.3) is 5.70 Å². The van der Waals surface area contributed by atoms with Gasteiger partial charge in [-0.2, -0.15) is 0 Å². The van der Waals surface area contributed by atoms with Gasteiger partial charge in [0.1, 0.15) is 0 Å². The van der Waals surface area contributed by atoms with Crippen LogP contribution in [-0.4, -0.2) is 26.4 Å². The van der Waals surface area contributed by atoms with E-state index in [1.807, 2.05) is 25.1 Å². The van der Waals surface area contributed by atoms with Crippen molar-refractivity contribution in [1.29, 1.82) is 0 Å². The van der Waals surface area contributed by atoms with Gasteiger partial charge in [-0.25, -0.2) is 0 Å². The summed E-state index contributed by atoms with van der Waals surface area (Å²) in [5.74, 6) is 0. The van der Waals surface area contributed by atoms with Crippen LogP contribution in [0, 0.1) is 6.92 Å². The van der Waals surface area contributed by atoms with Gasteiger partial charge in [-0.15, -0.1) is 0 Å². The number of nitrogens with zero attached hydrogens (tertiary/aromatic N) is 1. The highest BCUT2D eigenvalue weighted by atomic mass is 35.5. The molecule has 0 heterocycles. The maximum absolute atomic E-state index is 6.00. The summed E-state index contributed by atoms with van der Waals surface area (Å²) in [4.78, 5) is 3.96. The third-order valence-electron chi connectivity index (χ3n) is 4.31. The second-order valence-electron chi connectivity index (χ2n) is 6.67. The summed E-state index contributed by atoms with van der Waals surface area (Å²) >= 11 is 6.00. The van der Waals surface area contributed by atoms with Crippen molar-refractivity contribution in [2.75, 3.05) is 19.6 Å². The molecule has 0 saturated carbocycles. The van der Waals surface area contributed by atoms with E-state index in [2.05, 4.69) is 55.8 Å². The first kappa shape index (κ1) is 22.2. The lowest BCUT2D eigenvalue weighted by Crippen LogP contribution is -2.20. The summed E-state index contributed by atoms with van der Waals surface area (Å²) in [5.41, 5.74) is 6.67. The molecule has 0 bridgehead atoms. The van der Waals surface area contributed by atoms with Crippen molar-refractivity contribution in [1.82, 2.24) is 10.6 Å². The van der Waals surface area contributed by atoms with Gasteiger partial charge in [0.25, 0.3) is 0 Å². The minimum atomic E-state index is 0.760. The van der Waals surface area contributed by atoms with E-state index < -0.39 is 0 Å². The van der Waals surface area contributed by atoms with Crippen LogP contribution in [0.3, 0.4) is 0 Å². The Morgan fingerprint density at radius 1 is 1.19 bits per heavy atom. The molecule has 0 fully saturated rings. The van der Waals surface area contributed by atoms with Crippen LogP contribution in [0.5, 0.6) is 0 Å². The second-order valence-corrected chi connectivity index (χ2v) is 7.10. The van der Waals surface area contributed by atoms with E-state index in [0.717, 1.165) is 60.0 Å². The predicted octanol–water partition coefficient (Wildman–Crippen LogP) is 5.52. The van der Waals surface area contributed by atoms with Crippen LogP contribution < -0.4 is 10.6 Å². The Morgan fingerprint density at radius 3 is 2.54 bits per heavy atom. The first-order valence-electron chi connectivity index (χ1n) is 9.06. The molecule has 3 nitrogen and oxygen atoms in total. The smallest absolute Gasteiger partial charge is 0.0409 e. The van der Waals surface area contributed by atoms with E-state index in [-0.39, 0.29) is 0 Å². The number of allylic oxidation sites excluding steroid dienone is 3. The molecule has 0 spiro atoms. The van der Waals surface area contributed by atoms with Gasteiger partial charge in [-0.1, -0.05) is 35.9 Å². The summed E-state index contributed by atoms with van der Waals surface area (Å²) in [6.45, 7) is 18.7. The van der Waals surface area contributed by atoms with Gasteiger partial charge in [-0.3, -0.25) is 4.99 Å². The molecule has 142 valence electrons. The van der Waals surface area contributed by atoms with E-state index in [0.29, 0.717) is 0 Å². The highest BCUT2D eigenvalue weighted by Gasteiger charge is 2.03. The van der Waals surface area contributed by atoms with Crippen molar-refractivity contribution in [2.45, 2.75) is 40.5 Å². The Balaban J connectivity index is 2.22. The topological polar surface area (TPSA) is 36.4 Å². The fraction of sp³-hybridized carbons (Fsp3) is 0.409. The quantitative estimate of drug-likeness (QED) is 0.304. The highest BCUT2D eigenvalue weighted by Crippen LogP contribution is 2.19. The average molecular weight is 374 g/mol. The van der Waals surface area contributed by atoms with Gasteiger partial charge in [-0.05, 0) is 82.6 Å². The Morgan fingerprint density at radius 2 is 1.88 bits per heavy atom. The van der Waals surface area contributed by atoms with Gasteiger partial charge < -0.3 is 10.6 Å². The van der Waals surface area contributed by atoms with Crippen molar-refractivity contribution in [3.63, 3.8) is 0 Å². The minimum Gasteiger partial charge on any atom is -0.385 e. The van der Waals surface area contributed by atoms with E-state index in [4.69, 9.17) is 11.6 Å². The van der Waals surface area contributed by atoms with Gasteiger partial charge >= 0.3 is 0 Å². The second kappa shape index (κ2) is 11.7. The third-order valence-corrected chi connectivity index (χ3v) is 4.54. The molecule has 0 aromatic heterocycles. The van der Waals surface area contributed by atoms with Crippen molar-refractivity contribution < 1.29 is 0 Å². The van der Waals surface area contributed by atoms with Crippen LogP contribution in [0.1, 0.15) is 44.7 Å². The number of rotatable bonds is 11. The molecule has 0 radical (unpaired) electrons. The van der Waals surface area contributed by atoms with E-state index >= 15 is 0 Å². The largest absolute Gasteiger partial charge is 0.385 e. The third kappa shape index (κ3) is 8.03. The molecule has 0 unspecified atom stereocenters. The van der Waals surface area contributed by atoms with Gasteiger partial charge in [0, 0.05) is 29.5 Å². The minimum absolute atomic E-state index is 0.760. The van der Waals surface area contributed by atoms with E-state index in [1.165, 1.54) is 11.1 Å². The maximum atomic E-state index is 6.00. The molecule has 0 aliphatic heterocycles. The molecule has 0 aliphatic carbocycles. The molecule has 2 N–H and O–H groups in total. The zero-order valence-corrected chi connectivity index (χ0v) is 17.3. The molecule has 1 aromatic carbocycles. The average Bonchev–Trinajstić information content (AvgIpc) is 2.59. The zero-order valence-electron chi connectivity index (χ0n) is 16.6. The molecule has 26 heavy (non-hydrogen) atoms. The molecule has 0 atom stereocenters. The van der Waals surface area contributed by atoms with Crippen LogP contribution in [0.15, 0.2) is 52.7 Å². The van der Waals surface area contributed by atoms with Gasteiger partial charge in [0.05, 0.1) is 0 Å². The first-order valence-corrected chi connectivity index (χ1v) is 9.44. The Bertz CT molecular complexity index is 687. The number of hydrogen-bond donors (Lipinski definition) is 2. The SMILES string of the molecule is C=N/C(C)=C(C)\C=C(\C)CNCCCCNC(=C)c1ccc(Cl)cc1C. The lowest BCUT2D eigenvalue weighted by atomic mass is 10.1. The van der Waals surface area contributed by atoms with Crippen LogP contribution in [0.2, 0.25) is 5.02 Å². The van der Waals surface area contributed by atoms with Crippen LogP contribution in [-0.2, 0) is 0 Å². The summed E-state index contributed by atoms with van der Waals surface area (Å²) < 4.78 is 0. The molecule has 0 aliphatic rings. The molecule has 1 rings (SSSR count). The standard InChI is InChI=1S/C22H32ClN3/c1-16(13-17(2)19(4)24-6)15-25-11-7-8-12-26-20(5)22-10-9-21(23)14-18(22)3/h9-10,13-14,25-26H,5-8,11-12,15H2,1-4H3/b16-13-,19-17-. The van der Waals surface area contributed by atoms with Crippen molar-refractivity contribution in [3.05, 3.63) is 63.8 Å². The van der Waals surface area contributed by atoms with Crippen molar-refractivity contribution in [2.24, 2.45) is 4.99 Å². The number of hydrogen-bond acceptors (Lipinski definition) is 3. The Hall–Kier alpha value is -1.84. The number of unbranched alkanes of at least 4 members (excludes halogenated alkanes) is 1. The van der Waals surface area contributed by atoms with Gasteiger partial charge in [0.2, 0.25) is 0 Å². The maximum Gasteiger partial charge on any atom is 0.0409 e. The highest BCUT2D eigenvalue weighted by molar-refractivity contribution is 6.30. The molecule has 4 heteroatoms. The number of aliphatic imine (C=N–C) groups is 1. The predicted molar refractivity (Wildman–Crippen MR) is 117 cm³/mol. The van der Waals surface area contributed by atoms with E-state index in [1.54, 1.807) is 0 Å². The molecular formula is C22H32ClN3.